The number of rotatable bonds is 5. The number of amides is 1. The van der Waals surface area contributed by atoms with E-state index in [4.69, 9.17) is 11.6 Å². The van der Waals surface area contributed by atoms with Gasteiger partial charge in [-0.2, -0.15) is 0 Å². The van der Waals surface area contributed by atoms with Crippen molar-refractivity contribution in [2.45, 2.75) is 26.2 Å². The molecule has 0 spiro atoms. The molecule has 0 aliphatic carbocycles. The van der Waals surface area contributed by atoms with Crippen molar-refractivity contribution in [2.75, 3.05) is 10.6 Å². The quantitative estimate of drug-likeness (QED) is 0.513. The fourth-order valence-electron chi connectivity index (χ4n) is 1.26. The minimum absolute atomic E-state index is 0.0215. The zero-order chi connectivity index (χ0) is 12.0. The molecule has 1 N–H and O–H groups in total. The van der Waals surface area contributed by atoms with Gasteiger partial charge in [-0.1, -0.05) is 27.5 Å². The molecular formula is C11H14BrClN2O. The van der Waals surface area contributed by atoms with Crippen molar-refractivity contribution in [1.29, 1.82) is 0 Å². The van der Waals surface area contributed by atoms with E-state index in [-0.39, 0.29) is 5.91 Å². The van der Waals surface area contributed by atoms with Gasteiger partial charge in [-0.25, -0.2) is 4.98 Å². The number of hydrogen-bond acceptors (Lipinski definition) is 2. The highest BCUT2D eigenvalue weighted by Gasteiger charge is 2.05. The van der Waals surface area contributed by atoms with Crippen molar-refractivity contribution in [3.05, 3.63) is 23.0 Å². The number of aromatic nitrogens is 1. The Balaban J connectivity index is 2.49. The van der Waals surface area contributed by atoms with Crippen LogP contribution in [0.5, 0.6) is 0 Å². The lowest BCUT2D eigenvalue weighted by Crippen LogP contribution is -2.12. The summed E-state index contributed by atoms with van der Waals surface area (Å²) in [4.78, 5) is 15.6. The summed E-state index contributed by atoms with van der Waals surface area (Å²) >= 11 is 9.06. The first-order valence-electron chi connectivity index (χ1n) is 5.12. The second kappa shape index (κ2) is 6.86. The number of carbonyl (C=O) groups is 1. The summed E-state index contributed by atoms with van der Waals surface area (Å²) in [5.41, 5.74) is 1.47. The van der Waals surface area contributed by atoms with Crippen molar-refractivity contribution in [1.82, 2.24) is 4.98 Å². The van der Waals surface area contributed by atoms with Gasteiger partial charge in [0.15, 0.2) is 0 Å². The number of aryl methyl sites for hydroxylation is 1. The predicted octanol–water partition coefficient (Wildman–Crippen LogP) is 3.55. The van der Waals surface area contributed by atoms with Gasteiger partial charge in [-0.15, -0.1) is 0 Å². The van der Waals surface area contributed by atoms with E-state index in [1.165, 1.54) is 0 Å². The fourth-order valence-corrected chi connectivity index (χ4v) is 1.84. The maximum atomic E-state index is 11.5. The van der Waals surface area contributed by atoms with Crippen molar-refractivity contribution < 1.29 is 4.79 Å². The molecule has 0 saturated heterocycles. The third kappa shape index (κ3) is 4.49. The van der Waals surface area contributed by atoms with Crippen LogP contribution in [-0.2, 0) is 4.79 Å². The van der Waals surface area contributed by atoms with Crippen LogP contribution in [0.25, 0.3) is 0 Å². The zero-order valence-electron chi connectivity index (χ0n) is 9.09. The summed E-state index contributed by atoms with van der Waals surface area (Å²) in [6, 6.07) is 3.44. The van der Waals surface area contributed by atoms with Crippen LogP contribution in [-0.4, -0.2) is 16.2 Å². The standard InChI is InChI=1S/C11H14BrClN2O/c1-8-9(5-6-10(13)14-8)15-11(16)4-2-3-7-12/h5-6H,2-4,7H2,1H3,(H,15,16). The van der Waals surface area contributed by atoms with E-state index < -0.39 is 0 Å². The highest BCUT2D eigenvalue weighted by atomic mass is 79.9. The molecular weight excluding hydrogens is 291 g/mol. The van der Waals surface area contributed by atoms with E-state index >= 15 is 0 Å². The third-order valence-corrected chi connectivity index (χ3v) is 2.88. The monoisotopic (exact) mass is 304 g/mol. The van der Waals surface area contributed by atoms with Gasteiger partial charge in [0.05, 0.1) is 11.4 Å². The first-order chi connectivity index (χ1) is 7.63. The summed E-state index contributed by atoms with van der Waals surface area (Å²) in [5, 5.41) is 4.19. The molecule has 1 rings (SSSR count). The number of unbranched alkanes of at least 4 members (excludes halogenated alkanes) is 1. The Bertz CT molecular complexity index is 371. The van der Waals surface area contributed by atoms with Crippen molar-refractivity contribution >= 4 is 39.1 Å². The van der Waals surface area contributed by atoms with Gasteiger partial charge in [0.1, 0.15) is 5.15 Å². The smallest absolute Gasteiger partial charge is 0.224 e. The van der Waals surface area contributed by atoms with E-state index in [9.17, 15) is 4.79 Å². The molecule has 0 unspecified atom stereocenters. The number of carbonyl (C=O) groups excluding carboxylic acids is 1. The largest absolute Gasteiger partial charge is 0.325 e. The minimum atomic E-state index is 0.0215. The molecule has 16 heavy (non-hydrogen) atoms. The zero-order valence-corrected chi connectivity index (χ0v) is 11.4. The topological polar surface area (TPSA) is 42.0 Å². The summed E-state index contributed by atoms with van der Waals surface area (Å²) < 4.78 is 0. The highest BCUT2D eigenvalue weighted by molar-refractivity contribution is 9.09. The molecule has 3 nitrogen and oxygen atoms in total. The maximum Gasteiger partial charge on any atom is 0.224 e. The summed E-state index contributed by atoms with van der Waals surface area (Å²) in [6.07, 6.45) is 2.43. The van der Waals surface area contributed by atoms with Crippen molar-refractivity contribution in [2.24, 2.45) is 0 Å². The molecule has 1 aromatic rings. The molecule has 5 heteroatoms. The van der Waals surface area contributed by atoms with Crippen LogP contribution in [0.3, 0.4) is 0 Å². The van der Waals surface area contributed by atoms with Crippen LogP contribution in [0, 0.1) is 6.92 Å². The summed E-state index contributed by atoms with van der Waals surface area (Å²) in [6.45, 7) is 1.82. The second-order valence-corrected chi connectivity index (χ2v) is 4.64. The van der Waals surface area contributed by atoms with Crippen LogP contribution in [0.15, 0.2) is 12.1 Å². The molecule has 1 amide bonds. The number of alkyl halides is 1. The Morgan fingerprint density at radius 2 is 2.25 bits per heavy atom. The Morgan fingerprint density at radius 3 is 2.88 bits per heavy atom. The lowest BCUT2D eigenvalue weighted by molar-refractivity contribution is -0.116. The van der Waals surface area contributed by atoms with Gasteiger partial charge in [0.2, 0.25) is 5.91 Å². The van der Waals surface area contributed by atoms with E-state index in [1.807, 2.05) is 6.92 Å². The van der Waals surface area contributed by atoms with Gasteiger partial charge in [-0.3, -0.25) is 4.79 Å². The van der Waals surface area contributed by atoms with E-state index in [2.05, 4.69) is 26.2 Å². The van der Waals surface area contributed by atoms with Crippen LogP contribution >= 0.6 is 27.5 Å². The first-order valence-corrected chi connectivity index (χ1v) is 6.62. The number of anilines is 1. The fraction of sp³-hybridized carbons (Fsp3) is 0.455. The van der Waals surface area contributed by atoms with Gasteiger partial charge in [0.25, 0.3) is 0 Å². The molecule has 0 fully saturated rings. The average molecular weight is 306 g/mol. The minimum Gasteiger partial charge on any atom is -0.325 e. The van der Waals surface area contributed by atoms with Crippen LogP contribution in [0.2, 0.25) is 5.15 Å². The lowest BCUT2D eigenvalue weighted by Gasteiger charge is -2.07. The SMILES string of the molecule is Cc1nc(Cl)ccc1NC(=O)CCCCBr. The molecule has 0 aliphatic rings. The second-order valence-electron chi connectivity index (χ2n) is 3.46. The number of halogens is 2. The Morgan fingerprint density at radius 1 is 1.50 bits per heavy atom. The van der Waals surface area contributed by atoms with Gasteiger partial charge >= 0.3 is 0 Å². The number of nitrogens with zero attached hydrogens (tertiary/aromatic N) is 1. The first kappa shape index (κ1) is 13.5. The van der Waals surface area contributed by atoms with Crippen LogP contribution < -0.4 is 5.32 Å². The van der Waals surface area contributed by atoms with E-state index in [0.29, 0.717) is 11.6 Å². The Labute approximate surface area is 109 Å². The molecule has 1 aromatic heterocycles. The predicted molar refractivity (Wildman–Crippen MR) is 70.3 cm³/mol. The number of nitrogens with one attached hydrogen (secondary N) is 1. The normalized spacial score (nSPS) is 10.2. The van der Waals surface area contributed by atoms with Gasteiger partial charge in [0, 0.05) is 11.8 Å². The number of hydrogen-bond donors (Lipinski definition) is 1. The molecule has 0 atom stereocenters. The molecule has 88 valence electrons. The highest BCUT2D eigenvalue weighted by Crippen LogP contribution is 2.16. The third-order valence-electron chi connectivity index (χ3n) is 2.11. The Kier molecular flexibility index (Phi) is 5.77. The summed E-state index contributed by atoms with van der Waals surface area (Å²) in [5.74, 6) is 0.0215. The summed E-state index contributed by atoms with van der Waals surface area (Å²) in [7, 11) is 0. The molecule has 0 saturated carbocycles. The van der Waals surface area contributed by atoms with Crippen LogP contribution in [0.4, 0.5) is 5.69 Å². The maximum absolute atomic E-state index is 11.5. The molecule has 0 aliphatic heterocycles. The molecule has 1 heterocycles. The molecule has 0 aromatic carbocycles. The van der Waals surface area contributed by atoms with Crippen molar-refractivity contribution in [3.63, 3.8) is 0 Å². The van der Waals surface area contributed by atoms with Gasteiger partial charge < -0.3 is 5.32 Å². The van der Waals surface area contributed by atoms with E-state index in [1.54, 1.807) is 12.1 Å². The molecule has 0 bridgehead atoms. The average Bonchev–Trinajstić information content (AvgIpc) is 2.23. The molecule has 0 radical (unpaired) electrons. The van der Waals surface area contributed by atoms with Gasteiger partial charge in [-0.05, 0) is 31.9 Å². The van der Waals surface area contributed by atoms with Crippen LogP contribution in [0.1, 0.15) is 25.0 Å². The van der Waals surface area contributed by atoms with E-state index in [0.717, 1.165) is 29.6 Å². The number of pyridine rings is 1. The van der Waals surface area contributed by atoms with Crippen molar-refractivity contribution in [3.8, 4) is 0 Å². The lowest BCUT2D eigenvalue weighted by atomic mass is 10.2. The Hall–Kier alpha value is -0.610.